The number of para-hydroxylation sites is 2. The lowest BCUT2D eigenvalue weighted by Gasteiger charge is -2.23. The van der Waals surface area contributed by atoms with E-state index in [1.54, 1.807) is 4.90 Å². The van der Waals surface area contributed by atoms with Gasteiger partial charge in [0.05, 0.1) is 29.0 Å². The summed E-state index contributed by atoms with van der Waals surface area (Å²) in [6.45, 7) is 4.64. The molecule has 1 atom stereocenters. The van der Waals surface area contributed by atoms with Crippen molar-refractivity contribution in [3.05, 3.63) is 47.5 Å². The van der Waals surface area contributed by atoms with Crippen molar-refractivity contribution in [2.75, 3.05) is 7.05 Å². The van der Waals surface area contributed by atoms with E-state index in [4.69, 9.17) is 4.98 Å². The van der Waals surface area contributed by atoms with Crippen molar-refractivity contribution >= 4 is 16.9 Å². The Morgan fingerprint density at radius 2 is 2.15 bits per heavy atom. The van der Waals surface area contributed by atoms with Crippen LogP contribution >= 0.6 is 0 Å². The third kappa shape index (κ3) is 3.48. The number of fused-ring (bicyclic) bond motifs is 1. The summed E-state index contributed by atoms with van der Waals surface area (Å²) in [5, 5.41) is 7.47. The topological polar surface area (TPSA) is 66.8 Å². The van der Waals surface area contributed by atoms with Crippen LogP contribution in [0.1, 0.15) is 62.3 Å². The fraction of sp³-hybridized carbons (Fsp3) is 0.476. The van der Waals surface area contributed by atoms with E-state index in [1.165, 1.54) is 12.8 Å². The number of hydrogen-bond donors (Lipinski definition) is 1. The Morgan fingerprint density at radius 1 is 1.37 bits per heavy atom. The van der Waals surface area contributed by atoms with Crippen molar-refractivity contribution < 1.29 is 4.79 Å². The van der Waals surface area contributed by atoms with Crippen LogP contribution in [0, 0.1) is 0 Å². The molecule has 0 unspecified atom stereocenters. The highest BCUT2D eigenvalue weighted by atomic mass is 16.2. The van der Waals surface area contributed by atoms with Crippen molar-refractivity contribution in [3.8, 4) is 0 Å². The summed E-state index contributed by atoms with van der Waals surface area (Å²) in [6.07, 6.45) is 4.31. The quantitative estimate of drug-likeness (QED) is 0.692. The van der Waals surface area contributed by atoms with Crippen LogP contribution < -0.4 is 0 Å². The van der Waals surface area contributed by atoms with Crippen molar-refractivity contribution in [2.24, 2.45) is 0 Å². The Bertz CT molecular complexity index is 953. The molecule has 0 saturated heterocycles. The zero-order valence-electron chi connectivity index (χ0n) is 16.3. The van der Waals surface area contributed by atoms with E-state index in [-0.39, 0.29) is 11.9 Å². The lowest BCUT2D eigenvalue weighted by molar-refractivity contribution is -0.133. The summed E-state index contributed by atoms with van der Waals surface area (Å²) in [6, 6.07) is 9.85. The first-order chi connectivity index (χ1) is 13.1. The van der Waals surface area contributed by atoms with Gasteiger partial charge in [0.15, 0.2) is 0 Å². The van der Waals surface area contributed by atoms with E-state index < -0.39 is 0 Å². The van der Waals surface area contributed by atoms with Gasteiger partial charge in [-0.3, -0.25) is 9.89 Å². The molecule has 0 spiro atoms. The molecule has 2 aromatic heterocycles. The molecule has 142 valence electrons. The minimum Gasteiger partial charge on any atom is -0.338 e. The third-order valence-electron chi connectivity index (χ3n) is 5.32. The number of amides is 1. The maximum Gasteiger partial charge on any atom is 0.245 e. The summed E-state index contributed by atoms with van der Waals surface area (Å²) < 4.78 is 2.10. The number of hydrogen-bond acceptors (Lipinski definition) is 3. The van der Waals surface area contributed by atoms with Crippen molar-refractivity contribution in [3.63, 3.8) is 0 Å². The Labute approximate surface area is 159 Å². The van der Waals surface area contributed by atoms with E-state index >= 15 is 0 Å². The van der Waals surface area contributed by atoms with Crippen LogP contribution in [0.4, 0.5) is 0 Å². The van der Waals surface area contributed by atoms with Gasteiger partial charge in [-0.1, -0.05) is 19.1 Å². The van der Waals surface area contributed by atoms with Gasteiger partial charge in [-0.15, -0.1) is 0 Å². The first-order valence-electron chi connectivity index (χ1n) is 9.83. The van der Waals surface area contributed by atoms with E-state index in [1.807, 2.05) is 38.2 Å². The zero-order valence-corrected chi connectivity index (χ0v) is 16.3. The van der Waals surface area contributed by atoms with E-state index in [0.29, 0.717) is 12.5 Å². The number of likely N-dealkylation sites (N-methyl/N-ethyl adjacent to an activating group) is 1. The summed E-state index contributed by atoms with van der Waals surface area (Å²) in [7, 11) is 1.86. The molecule has 1 aliphatic carbocycles. The fourth-order valence-corrected chi connectivity index (χ4v) is 3.74. The fourth-order valence-electron chi connectivity index (χ4n) is 3.74. The van der Waals surface area contributed by atoms with Crippen LogP contribution in [0.2, 0.25) is 0 Å². The molecule has 1 aliphatic rings. The van der Waals surface area contributed by atoms with Crippen molar-refractivity contribution in [1.29, 1.82) is 0 Å². The van der Waals surface area contributed by atoms with Crippen LogP contribution in [0.5, 0.6) is 0 Å². The van der Waals surface area contributed by atoms with Crippen LogP contribution in [0.3, 0.4) is 0 Å². The van der Waals surface area contributed by atoms with Gasteiger partial charge in [0.1, 0.15) is 11.9 Å². The number of imidazole rings is 1. The number of H-pyrrole nitrogens is 1. The maximum absolute atomic E-state index is 13.1. The second-order valence-corrected chi connectivity index (χ2v) is 7.60. The lowest BCUT2D eigenvalue weighted by Crippen LogP contribution is -2.33. The van der Waals surface area contributed by atoms with Gasteiger partial charge in [-0.25, -0.2) is 4.98 Å². The van der Waals surface area contributed by atoms with Crippen molar-refractivity contribution in [1.82, 2.24) is 24.6 Å². The van der Waals surface area contributed by atoms with Gasteiger partial charge in [0.2, 0.25) is 5.91 Å². The molecule has 4 rings (SSSR count). The van der Waals surface area contributed by atoms with E-state index in [9.17, 15) is 4.79 Å². The Morgan fingerprint density at radius 3 is 2.89 bits per heavy atom. The summed E-state index contributed by atoms with van der Waals surface area (Å²) in [4.78, 5) is 19.7. The van der Waals surface area contributed by atoms with Crippen LogP contribution in [0.15, 0.2) is 30.3 Å². The van der Waals surface area contributed by atoms with Gasteiger partial charge in [0.25, 0.3) is 0 Å². The van der Waals surface area contributed by atoms with E-state index in [0.717, 1.165) is 41.1 Å². The molecule has 27 heavy (non-hydrogen) atoms. The molecule has 0 bridgehead atoms. The summed E-state index contributed by atoms with van der Waals surface area (Å²) in [5.74, 6) is 1.67. The highest BCUT2D eigenvalue weighted by molar-refractivity contribution is 5.84. The summed E-state index contributed by atoms with van der Waals surface area (Å²) in [5.41, 5.74) is 4.09. The lowest BCUT2D eigenvalue weighted by atomic mass is 10.2. The normalized spacial score (nSPS) is 15.2. The molecule has 1 fully saturated rings. The smallest absolute Gasteiger partial charge is 0.245 e. The molecule has 0 aliphatic heterocycles. The molecule has 2 heterocycles. The first kappa shape index (κ1) is 17.8. The van der Waals surface area contributed by atoms with Gasteiger partial charge >= 0.3 is 0 Å². The molecular weight excluding hydrogens is 338 g/mol. The average molecular weight is 365 g/mol. The second-order valence-electron chi connectivity index (χ2n) is 7.60. The molecule has 1 N–H and O–H groups in total. The molecule has 6 heteroatoms. The number of aryl methyl sites for hydroxylation is 1. The number of nitrogens with one attached hydrogen (secondary N) is 1. The highest BCUT2D eigenvalue weighted by Crippen LogP contribution is 2.39. The third-order valence-corrected chi connectivity index (χ3v) is 5.32. The molecule has 0 radical (unpaired) electrons. The number of rotatable bonds is 7. The SMILES string of the molecule is CCCc1nc2ccccc2n1[C@@H](C)C(=O)N(C)Cc1cc(C2CC2)n[nH]1. The van der Waals surface area contributed by atoms with Crippen LogP contribution in [-0.4, -0.2) is 37.6 Å². The monoisotopic (exact) mass is 365 g/mol. The largest absolute Gasteiger partial charge is 0.338 e. The van der Waals surface area contributed by atoms with Gasteiger partial charge in [-0.05, 0) is 44.4 Å². The minimum absolute atomic E-state index is 0.0816. The Hall–Kier alpha value is -2.63. The molecule has 1 amide bonds. The first-order valence-corrected chi connectivity index (χ1v) is 9.83. The number of carbonyl (C=O) groups is 1. The molecule has 3 aromatic rings. The molecule has 1 aromatic carbocycles. The maximum atomic E-state index is 13.1. The van der Waals surface area contributed by atoms with Crippen LogP contribution in [-0.2, 0) is 17.8 Å². The number of aromatic amines is 1. The molecular formula is C21H27N5O. The minimum atomic E-state index is -0.297. The van der Waals surface area contributed by atoms with E-state index in [2.05, 4.69) is 27.8 Å². The van der Waals surface area contributed by atoms with Gasteiger partial charge < -0.3 is 9.47 Å². The Kier molecular flexibility index (Phi) is 4.72. The Balaban J connectivity index is 1.55. The van der Waals surface area contributed by atoms with Gasteiger partial charge in [0, 0.05) is 19.4 Å². The molecule has 6 nitrogen and oxygen atoms in total. The van der Waals surface area contributed by atoms with Gasteiger partial charge in [-0.2, -0.15) is 5.10 Å². The standard InChI is InChI=1S/C21H27N5O/c1-4-7-20-22-17-8-5-6-9-19(17)26(20)14(2)21(27)25(3)13-16-12-18(24-23-16)15-10-11-15/h5-6,8-9,12,14-15H,4,7,10-11,13H2,1-3H3,(H,23,24)/t14-/m0/s1. The van der Waals surface area contributed by atoms with Crippen LogP contribution in [0.25, 0.3) is 11.0 Å². The summed E-state index contributed by atoms with van der Waals surface area (Å²) >= 11 is 0. The van der Waals surface area contributed by atoms with Crippen molar-refractivity contribution in [2.45, 2.75) is 58.0 Å². The predicted octanol–water partition coefficient (Wildman–Crippen LogP) is 3.81. The number of carbonyl (C=O) groups excluding carboxylic acids is 1. The second kappa shape index (κ2) is 7.18. The average Bonchev–Trinajstić information content (AvgIpc) is 3.31. The predicted molar refractivity (Wildman–Crippen MR) is 105 cm³/mol. The number of nitrogens with zero attached hydrogens (tertiary/aromatic N) is 4. The number of benzene rings is 1. The zero-order chi connectivity index (χ0) is 19.0. The highest BCUT2D eigenvalue weighted by Gasteiger charge is 2.27. The molecule has 1 saturated carbocycles. The number of aromatic nitrogens is 4.